The van der Waals surface area contributed by atoms with E-state index in [2.05, 4.69) is 24.1 Å². The minimum atomic E-state index is -0.177. The first kappa shape index (κ1) is 15.0. The summed E-state index contributed by atoms with van der Waals surface area (Å²) in [5, 5.41) is 2.92. The fourth-order valence-electron chi connectivity index (χ4n) is 2.40. The van der Waals surface area contributed by atoms with Crippen LogP contribution in [-0.2, 0) is 0 Å². The molecule has 0 fully saturated rings. The van der Waals surface area contributed by atoms with Crippen LogP contribution in [0.4, 0.5) is 5.69 Å². The topological polar surface area (TPSA) is 46.9 Å². The molecule has 1 aromatic heterocycles. The highest BCUT2D eigenvalue weighted by Crippen LogP contribution is 2.18. The zero-order valence-electron chi connectivity index (χ0n) is 13.2. The van der Waals surface area contributed by atoms with E-state index >= 15 is 0 Å². The van der Waals surface area contributed by atoms with Crippen LogP contribution in [-0.4, -0.2) is 15.5 Å². The van der Waals surface area contributed by atoms with Gasteiger partial charge in [-0.2, -0.15) is 0 Å². The standard InChI is InChI=1S/C19H19N3O/c1-14(2)15-8-10-16(11-9-15)21-19(23)18-12-20-13-22(18)17-6-4-3-5-7-17/h3-14H,1-2H3,(H,21,23). The molecule has 0 spiro atoms. The summed E-state index contributed by atoms with van der Waals surface area (Å²) in [6.45, 7) is 4.29. The second-order valence-corrected chi connectivity index (χ2v) is 5.72. The zero-order valence-corrected chi connectivity index (χ0v) is 13.2. The van der Waals surface area contributed by atoms with Gasteiger partial charge in [-0.15, -0.1) is 0 Å². The van der Waals surface area contributed by atoms with Gasteiger partial charge >= 0.3 is 0 Å². The Labute approximate surface area is 135 Å². The molecular weight excluding hydrogens is 286 g/mol. The Morgan fingerprint density at radius 3 is 2.39 bits per heavy atom. The van der Waals surface area contributed by atoms with Gasteiger partial charge in [-0.05, 0) is 35.7 Å². The van der Waals surface area contributed by atoms with E-state index in [-0.39, 0.29) is 5.91 Å². The van der Waals surface area contributed by atoms with Crippen LogP contribution in [0.25, 0.3) is 5.69 Å². The molecule has 0 aliphatic rings. The molecule has 0 unspecified atom stereocenters. The lowest BCUT2D eigenvalue weighted by atomic mass is 10.0. The lowest BCUT2D eigenvalue weighted by Gasteiger charge is -2.10. The van der Waals surface area contributed by atoms with E-state index in [0.717, 1.165) is 11.4 Å². The molecular formula is C19H19N3O. The number of hydrogen-bond acceptors (Lipinski definition) is 2. The summed E-state index contributed by atoms with van der Waals surface area (Å²) in [5.74, 6) is 0.294. The SMILES string of the molecule is CC(C)c1ccc(NC(=O)c2cncn2-c2ccccc2)cc1. The molecule has 3 aromatic rings. The van der Waals surface area contributed by atoms with Crippen molar-refractivity contribution in [1.82, 2.24) is 9.55 Å². The Balaban J connectivity index is 1.81. The average Bonchev–Trinajstić information content (AvgIpc) is 3.06. The minimum absolute atomic E-state index is 0.177. The summed E-state index contributed by atoms with van der Waals surface area (Å²) in [6.07, 6.45) is 3.22. The highest BCUT2D eigenvalue weighted by molar-refractivity contribution is 6.03. The number of anilines is 1. The molecule has 1 heterocycles. The first-order valence-electron chi connectivity index (χ1n) is 7.64. The lowest BCUT2D eigenvalue weighted by molar-refractivity contribution is 0.102. The monoisotopic (exact) mass is 305 g/mol. The molecule has 0 aliphatic carbocycles. The van der Waals surface area contributed by atoms with Crippen LogP contribution in [0.5, 0.6) is 0 Å². The molecule has 4 heteroatoms. The molecule has 2 aromatic carbocycles. The van der Waals surface area contributed by atoms with Crippen molar-refractivity contribution in [1.29, 1.82) is 0 Å². The molecule has 1 amide bonds. The molecule has 23 heavy (non-hydrogen) atoms. The summed E-state index contributed by atoms with van der Waals surface area (Å²) in [7, 11) is 0. The van der Waals surface area contributed by atoms with Gasteiger partial charge in [0.05, 0.1) is 12.5 Å². The Bertz CT molecular complexity index is 789. The van der Waals surface area contributed by atoms with Crippen molar-refractivity contribution in [3.63, 3.8) is 0 Å². The van der Waals surface area contributed by atoms with E-state index in [1.807, 2.05) is 54.6 Å². The molecule has 0 saturated carbocycles. The maximum atomic E-state index is 12.5. The van der Waals surface area contributed by atoms with Gasteiger partial charge < -0.3 is 5.32 Å². The molecule has 0 atom stereocenters. The summed E-state index contributed by atoms with van der Waals surface area (Å²) in [4.78, 5) is 16.6. The molecule has 4 nitrogen and oxygen atoms in total. The quantitative estimate of drug-likeness (QED) is 0.783. The number of nitrogens with zero attached hydrogens (tertiary/aromatic N) is 2. The van der Waals surface area contributed by atoms with E-state index in [1.54, 1.807) is 17.1 Å². The fourth-order valence-corrected chi connectivity index (χ4v) is 2.40. The predicted molar refractivity (Wildman–Crippen MR) is 92.0 cm³/mol. The zero-order chi connectivity index (χ0) is 16.2. The second kappa shape index (κ2) is 6.48. The van der Waals surface area contributed by atoms with E-state index in [9.17, 15) is 4.79 Å². The van der Waals surface area contributed by atoms with E-state index in [4.69, 9.17) is 0 Å². The number of nitrogens with one attached hydrogen (secondary N) is 1. The van der Waals surface area contributed by atoms with Gasteiger partial charge in [0.1, 0.15) is 5.69 Å². The smallest absolute Gasteiger partial charge is 0.274 e. The third-order valence-corrected chi connectivity index (χ3v) is 3.74. The number of hydrogen-bond donors (Lipinski definition) is 1. The predicted octanol–water partition coefficient (Wildman–Crippen LogP) is 4.25. The number of carbonyl (C=O) groups is 1. The number of rotatable bonds is 4. The van der Waals surface area contributed by atoms with Crippen molar-refractivity contribution in [2.75, 3.05) is 5.32 Å². The summed E-state index contributed by atoms with van der Waals surface area (Å²) >= 11 is 0. The van der Waals surface area contributed by atoms with Crippen molar-refractivity contribution < 1.29 is 4.79 Å². The molecule has 0 radical (unpaired) electrons. The Kier molecular flexibility index (Phi) is 4.24. The maximum Gasteiger partial charge on any atom is 0.274 e. The van der Waals surface area contributed by atoms with Crippen molar-refractivity contribution in [3.8, 4) is 5.69 Å². The van der Waals surface area contributed by atoms with Gasteiger partial charge in [-0.25, -0.2) is 4.98 Å². The van der Waals surface area contributed by atoms with Gasteiger partial charge in [0.25, 0.3) is 5.91 Å². The van der Waals surface area contributed by atoms with Crippen molar-refractivity contribution in [2.45, 2.75) is 19.8 Å². The summed E-state index contributed by atoms with van der Waals surface area (Å²) in [6, 6.07) is 17.6. The van der Waals surface area contributed by atoms with Crippen LogP contribution < -0.4 is 5.32 Å². The molecule has 1 N–H and O–H groups in total. The molecule has 3 rings (SSSR count). The van der Waals surface area contributed by atoms with Crippen LogP contribution >= 0.6 is 0 Å². The van der Waals surface area contributed by atoms with E-state index in [0.29, 0.717) is 11.6 Å². The normalized spacial score (nSPS) is 10.7. The molecule has 116 valence electrons. The molecule has 0 saturated heterocycles. The lowest BCUT2D eigenvalue weighted by Crippen LogP contribution is -2.16. The van der Waals surface area contributed by atoms with Crippen molar-refractivity contribution in [2.24, 2.45) is 0 Å². The van der Waals surface area contributed by atoms with Crippen LogP contribution in [0.3, 0.4) is 0 Å². The Morgan fingerprint density at radius 2 is 1.74 bits per heavy atom. The first-order valence-corrected chi connectivity index (χ1v) is 7.64. The van der Waals surface area contributed by atoms with Gasteiger partial charge in [-0.1, -0.05) is 44.2 Å². The van der Waals surface area contributed by atoms with Gasteiger partial charge in [0.2, 0.25) is 0 Å². The summed E-state index contributed by atoms with van der Waals surface area (Å²) in [5.41, 5.74) is 3.44. The van der Waals surface area contributed by atoms with Crippen LogP contribution in [0.2, 0.25) is 0 Å². The third-order valence-electron chi connectivity index (χ3n) is 3.74. The van der Waals surface area contributed by atoms with Crippen LogP contribution in [0.15, 0.2) is 67.1 Å². The summed E-state index contributed by atoms with van der Waals surface area (Å²) < 4.78 is 1.78. The number of para-hydroxylation sites is 1. The fraction of sp³-hybridized carbons (Fsp3) is 0.158. The number of benzene rings is 2. The van der Waals surface area contributed by atoms with Crippen molar-refractivity contribution >= 4 is 11.6 Å². The largest absolute Gasteiger partial charge is 0.321 e. The van der Waals surface area contributed by atoms with Crippen LogP contribution in [0, 0.1) is 0 Å². The number of aromatic nitrogens is 2. The first-order chi connectivity index (χ1) is 11.1. The highest BCUT2D eigenvalue weighted by atomic mass is 16.2. The second-order valence-electron chi connectivity index (χ2n) is 5.72. The number of amides is 1. The third kappa shape index (κ3) is 3.31. The maximum absolute atomic E-state index is 12.5. The number of carbonyl (C=O) groups excluding carboxylic acids is 1. The number of imidazole rings is 1. The average molecular weight is 305 g/mol. The van der Waals surface area contributed by atoms with E-state index < -0.39 is 0 Å². The Hall–Kier alpha value is -2.88. The van der Waals surface area contributed by atoms with Gasteiger partial charge in [0.15, 0.2) is 0 Å². The van der Waals surface area contributed by atoms with E-state index in [1.165, 1.54) is 5.56 Å². The molecule has 0 aliphatic heterocycles. The van der Waals surface area contributed by atoms with Crippen LogP contribution in [0.1, 0.15) is 35.8 Å². The van der Waals surface area contributed by atoms with Crippen molar-refractivity contribution in [3.05, 3.63) is 78.4 Å². The highest BCUT2D eigenvalue weighted by Gasteiger charge is 2.13. The van der Waals surface area contributed by atoms with Gasteiger partial charge in [0, 0.05) is 11.4 Å². The van der Waals surface area contributed by atoms with Gasteiger partial charge in [-0.3, -0.25) is 9.36 Å². The minimum Gasteiger partial charge on any atom is -0.321 e. The molecule has 0 bridgehead atoms. The Morgan fingerprint density at radius 1 is 1.04 bits per heavy atom.